The van der Waals surface area contributed by atoms with Crippen molar-refractivity contribution >= 4 is 21.3 Å². The van der Waals surface area contributed by atoms with Crippen molar-refractivity contribution in [3.05, 3.63) is 78.1 Å². The maximum atomic E-state index is 13.1. The van der Waals surface area contributed by atoms with E-state index in [2.05, 4.69) is 5.32 Å². The predicted molar refractivity (Wildman–Crippen MR) is 103 cm³/mol. The third-order valence-electron chi connectivity index (χ3n) is 3.99. The van der Waals surface area contributed by atoms with Crippen LogP contribution in [0.15, 0.2) is 71.6 Å². The van der Waals surface area contributed by atoms with Gasteiger partial charge in [0.25, 0.3) is 5.91 Å². The number of hydrogen-bond acceptors (Lipinski definition) is 4. The summed E-state index contributed by atoms with van der Waals surface area (Å²) in [6, 6.07) is 16.5. The van der Waals surface area contributed by atoms with Crippen molar-refractivity contribution in [2.24, 2.45) is 0 Å². The minimum absolute atomic E-state index is 0.103. The van der Waals surface area contributed by atoms with E-state index in [0.717, 1.165) is 5.56 Å². The Morgan fingerprint density at radius 1 is 1.00 bits per heavy atom. The molecule has 0 aliphatic carbocycles. The van der Waals surface area contributed by atoms with Gasteiger partial charge in [0.2, 0.25) is 0 Å². The molecule has 0 aliphatic heterocycles. The van der Waals surface area contributed by atoms with Gasteiger partial charge >= 0.3 is 0 Å². The van der Waals surface area contributed by atoms with Crippen LogP contribution in [0.25, 0.3) is 11.1 Å². The van der Waals surface area contributed by atoms with Gasteiger partial charge in [-0.1, -0.05) is 18.2 Å². The second-order valence-corrected chi connectivity index (χ2v) is 8.22. The van der Waals surface area contributed by atoms with Gasteiger partial charge in [0.15, 0.2) is 0 Å². The lowest BCUT2D eigenvalue weighted by Gasteiger charge is -2.10. The lowest BCUT2D eigenvalue weighted by atomic mass is 10.0. The molecule has 0 saturated heterocycles. The van der Waals surface area contributed by atoms with E-state index in [-0.39, 0.29) is 17.3 Å². The molecule has 0 fully saturated rings. The molecule has 0 aromatic heterocycles. The Kier molecular flexibility index (Phi) is 4.96. The number of carbonyl (C=O) groups is 1. The maximum absolute atomic E-state index is 13.1. The molecule has 1 amide bonds. The normalized spacial score (nSPS) is 13.0. The summed E-state index contributed by atoms with van der Waals surface area (Å²) >= 11 is 0. The summed E-state index contributed by atoms with van der Waals surface area (Å²) in [5, 5.41) is 12.7. The molecule has 1 unspecified atom stereocenters. The Labute approximate surface area is 156 Å². The first-order valence-corrected chi connectivity index (χ1v) is 9.95. The van der Waals surface area contributed by atoms with E-state index in [0.29, 0.717) is 16.0 Å². The molecule has 3 aromatic carbocycles. The van der Waals surface area contributed by atoms with Crippen molar-refractivity contribution in [3.8, 4) is 16.9 Å². The fourth-order valence-corrected chi connectivity index (χ4v) is 3.17. The largest absolute Gasteiger partial charge is 0.506 e. The van der Waals surface area contributed by atoms with Crippen molar-refractivity contribution in [2.45, 2.75) is 4.90 Å². The average Bonchev–Trinajstić information content (AvgIpc) is 2.63. The van der Waals surface area contributed by atoms with Crippen LogP contribution in [-0.2, 0) is 9.73 Å². The molecule has 27 heavy (non-hydrogen) atoms. The standard InChI is InChI=1S/C20H17FN2O3S/c1-27(22,26)17-9-4-14(5-10-17)20(25)23-18-12-15(6-11-19(18)24)13-2-7-16(21)8-3-13/h2-12,22,24H,1H3,(H,23,25). The molecule has 7 heteroatoms. The van der Waals surface area contributed by atoms with Crippen LogP contribution in [0.5, 0.6) is 5.75 Å². The van der Waals surface area contributed by atoms with Crippen LogP contribution in [0, 0.1) is 10.6 Å². The summed E-state index contributed by atoms with van der Waals surface area (Å²) in [5.41, 5.74) is 1.96. The highest BCUT2D eigenvalue weighted by molar-refractivity contribution is 7.91. The summed E-state index contributed by atoms with van der Waals surface area (Å²) in [7, 11) is -2.85. The highest BCUT2D eigenvalue weighted by atomic mass is 32.2. The Balaban J connectivity index is 1.85. The van der Waals surface area contributed by atoms with Gasteiger partial charge in [-0.15, -0.1) is 0 Å². The Bertz CT molecular complexity index is 1090. The highest BCUT2D eigenvalue weighted by Gasteiger charge is 2.12. The van der Waals surface area contributed by atoms with Crippen molar-refractivity contribution in [1.82, 2.24) is 0 Å². The lowest BCUT2D eigenvalue weighted by Crippen LogP contribution is -2.12. The Morgan fingerprint density at radius 3 is 2.19 bits per heavy atom. The Hall–Kier alpha value is -3.19. The van der Waals surface area contributed by atoms with E-state index in [1.54, 1.807) is 24.3 Å². The van der Waals surface area contributed by atoms with Gasteiger partial charge in [0.1, 0.15) is 11.6 Å². The first-order chi connectivity index (χ1) is 12.7. The molecule has 1 atom stereocenters. The highest BCUT2D eigenvalue weighted by Crippen LogP contribution is 2.30. The van der Waals surface area contributed by atoms with Gasteiger partial charge in [-0.3, -0.25) is 4.79 Å². The zero-order valence-corrected chi connectivity index (χ0v) is 15.2. The second kappa shape index (κ2) is 7.20. The topological polar surface area (TPSA) is 90.2 Å². The summed E-state index contributed by atoms with van der Waals surface area (Å²) in [5.74, 6) is -0.910. The quantitative estimate of drug-likeness (QED) is 0.579. The van der Waals surface area contributed by atoms with Gasteiger partial charge in [0.05, 0.1) is 15.4 Å². The van der Waals surface area contributed by atoms with Crippen LogP contribution >= 0.6 is 0 Å². The van der Waals surface area contributed by atoms with Crippen molar-refractivity contribution in [3.63, 3.8) is 0 Å². The van der Waals surface area contributed by atoms with E-state index < -0.39 is 15.6 Å². The number of rotatable bonds is 4. The molecule has 3 aromatic rings. The number of carbonyl (C=O) groups excluding carboxylic acids is 1. The van der Waals surface area contributed by atoms with E-state index in [1.165, 1.54) is 48.7 Å². The number of hydrogen-bond donors (Lipinski definition) is 3. The van der Waals surface area contributed by atoms with E-state index in [1.807, 2.05) is 0 Å². The third-order valence-corrected chi connectivity index (χ3v) is 5.16. The molecule has 3 rings (SSSR count). The first kappa shape index (κ1) is 18.6. The fraction of sp³-hybridized carbons (Fsp3) is 0.0500. The number of phenols is 1. The number of amides is 1. The zero-order valence-electron chi connectivity index (χ0n) is 14.4. The average molecular weight is 384 g/mol. The molecular formula is C20H17FN2O3S. The molecule has 138 valence electrons. The fourth-order valence-electron chi connectivity index (χ4n) is 2.52. The van der Waals surface area contributed by atoms with Gasteiger partial charge < -0.3 is 10.4 Å². The maximum Gasteiger partial charge on any atom is 0.255 e. The molecule has 0 saturated carbocycles. The summed E-state index contributed by atoms with van der Waals surface area (Å²) < 4.78 is 32.3. The van der Waals surface area contributed by atoms with Crippen molar-refractivity contribution in [2.75, 3.05) is 11.6 Å². The van der Waals surface area contributed by atoms with Crippen LogP contribution in [-0.4, -0.2) is 21.5 Å². The lowest BCUT2D eigenvalue weighted by molar-refractivity contribution is 0.102. The second-order valence-electron chi connectivity index (χ2n) is 6.06. The molecule has 0 heterocycles. The molecule has 3 N–H and O–H groups in total. The molecule has 5 nitrogen and oxygen atoms in total. The van der Waals surface area contributed by atoms with Crippen LogP contribution in [0.3, 0.4) is 0 Å². The van der Waals surface area contributed by atoms with Crippen LogP contribution in [0.2, 0.25) is 0 Å². The molecule has 0 radical (unpaired) electrons. The molecule has 0 spiro atoms. The monoisotopic (exact) mass is 384 g/mol. The molecular weight excluding hydrogens is 367 g/mol. The number of nitrogens with one attached hydrogen (secondary N) is 2. The van der Waals surface area contributed by atoms with Crippen LogP contribution in [0.4, 0.5) is 10.1 Å². The smallest absolute Gasteiger partial charge is 0.255 e. The van der Waals surface area contributed by atoms with Crippen LogP contribution in [0.1, 0.15) is 10.4 Å². The summed E-state index contributed by atoms with van der Waals surface area (Å²) in [4.78, 5) is 12.8. The molecule has 0 bridgehead atoms. The number of anilines is 1. The minimum atomic E-state index is -2.85. The SMILES string of the molecule is CS(=N)(=O)c1ccc(C(=O)Nc2cc(-c3ccc(F)cc3)ccc2O)cc1. The molecule has 0 aliphatic rings. The number of benzene rings is 3. The van der Waals surface area contributed by atoms with E-state index in [9.17, 15) is 18.5 Å². The van der Waals surface area contributed by atoms with Crippen molar-refractivity contribution in [1.29, 1.82) is 4.78 Å². The summed E-state index contributed by atoms with van der Waals surface area (Å²) in [6.45, 7) is 0. The summed E-state index contributed by atoms with van der Waals surface area (Å²) in [6.07, 6.45) is 1.31. The van der Waals surface area contributed by atoms with Gasteiger partial charge in [-0.05, 0) is 59.7 Å². The third kappa shape index (κ3) is 4.32. The Morgan fingerprint density at radius 2 is 1.59 bits per heavy atom. The zero-order chi connectivity index (χ0) is 19.6. The number of aromatic hydroxyl groups is 1. The van der Waals surface area contributed by atoms with E-state index in [4.69, 9.17) is 4.78 Å². The predicted octanol–water partition coefficient (Wildman–Crippen LogP) is 4.49. The van der Waals surface area contributed by atoms with Gasteiger partial charge in [0, 0.05) is 16.7 Å². The number of phenolic OH excluding ortho intramolecular Hbond substituents is 1. The first-order valence-electron chi connectivity index (χ1n) is 7.98. The van der Waals surface area contributed by atoms with Crippen molar-refractivity contribution < 1.29 is 18.5 Å². The van der Waals surface area contributed by atoms with Gasteiger partial charge in [-0.2, -0.15) is 0 Å². The number of halogens is 1. The minimum Gasteiger partial charge on any atom is -0.506 e. The van der Waals surface area contributed by atoms with Crippen LogP contribution < -0.4 is 5.32 Å². The van der Waals surface area contributed by atoms with E-state index >= 15 is 0 Å². The van der Waals surface area contributed by atoms with Gasteiger partial charge in [-0.25, -0.2) is 13.4 Å².